The van der Waals surface area contributed by atoms with Crippen LogP contribution in [0, 0.1) is 6.92 Å². The molecule has 0 saturated heterocycles. The Bertz CT molecular complexity index is 1140. The average Bonchev–Trinajstić information content (AvgIpc) is 3.01. The molecule has 1 aromatic carbocycles. The molecule has 2 aromatic heterocycles. The average molecular weight is 420 g/mol. The second kappa shape index (κ2) is 5.99. The predicted molar refractivity (Wildman–Crippen MR) is 92.7 cm³/mol. The van der Waals surface area contributed by atoms with Gasteiger partial charge >= 0.3 is 6.18 Å². The smallest absolute Gasteiger partial charge is 0.383 e. The van der Waals surface area contributed by atoms with Gasteiger partial charge in [0, 0.05) is 5.56 Å². The van der Waals surface area contributed by atoms with E-state index in [4.69, 9.17) is 5.14 Å². The molecule has 0 aliphatic heterocycles. The molecule has 0 aliphatic rings. The number of aryl methyl sites for hydroxylation is 1. The minimum Gasteiger partial charge on any atom is -0.383 e. The first-order chi connectivity index (χ1) is 12.2. The Balaban J connectivity index is 2.28. The fourth-order valence-corrected chi connectivity index (χ4v) is 4.29. The summed E-state index contributed by atoms with van der Waals surface area (Å²) in [6, 6.07) is 2.66. The number of alkyl halides is 3. The van der Waals surface area contributed by atoms with Gasteiger partial charge in [-0.25, -0.2) is 23.1 Å². The van der Waals surface area contributed by atoms with E-state index in [-0.39, 0.29) is 5.56 Å². The molecule has 0 atom stereocenters. The van der Waals surface area contributed by atoms with Crippen LogP contribution in [0.3, 0.4) is 0 Å². The summed E-state index contributed by atoms with van der Waals surface area (Å²) in [5.41, 5.74) is -1.67. The molecule has 0 bridgehead atoms. The Labute approximate surface area is 156 Å². The number of nitrogens with zero attached hydrogens (tertiary/aromatic N) is 3. The van der Waals surface area contributed by atoms with E-state index in [1.807, 2.05) is 0 Å². The molecule has 0 spiro atoms. The van der Waals surface area contributed by atoms with Crippen molar-refractivity contribution < 1.29 is 26.7 Å². The fraction of sp³-hybridized carbons (Fsp3) is 0.333. The Hall–Kier alpha value is -2.02. The molecule has 0 aliphatic carbocycles. The summed E-state index contributed by atoms with van der Waals surface area (Å²) in [5.74, 6) is 0. The number of benzene rings is 1. The normalized spacial score (nSPS) is 13.5. The summed E-state index contributed by atoms with van der Waals surface area (Å²) in [4.78, 5) is 3.68. The van der Waals surface area contributed by atoms with Gasteiger partial charge in [-0.3, -0.25) is 0 Å². The second-order valence-electron chi connectivity index (χ2n) is 6.46. The number of sulfonamides is 1. The Morgan fingerprint density at radius 2 is 1.89 bits per heavy atom. The number of primary sulfonamides is 1. The lowest BCUT2D eigenvalue weighted by molar-refractivity contribution is -0.139. The predicted octanol–water partition coefficient (Wildman–Crippen LogP) is 2.66. The van der Waals surface area contributed by atoms with E-state index >= 15 is 0 Å². The van der Waals surface area contributed by atoms with Gasteiger partial charge in [-0.1, -0.05) is 17.4 Å². The van der Waals surface area contributed by atoms with Gasteiger partial charge in [-0.15, -0.1) is 0 Å². The van der Waals surface area contributed by atoms with Crippen LogP contribution in [0.5, 0.6) is 0 Å². The maximum Gasteiger partial charge on any atom is 0.417 e. The van der Waals surface area contributed by atoms with Crippen molar-refractivity contribution in [3.63, 3.8) is 0 Å². The number of aliphatic hydroxyl groups is 1. The van der Waals surface area contributed by atoms with Gasteiger partial charge in [0.05, 0.1) is 21.8 Å². The van der Waals surface area contributed by atoms with E-state index in [1.165, 1.54) is 18.4 Å². The number of imidazole rings is 1. The van der Waals surface area contributed by atoms with Crippen LogP contribution in [0.2, 0.25) is 0 Å². The van der Waals surface area contributed by atoms with Crippen molar-refractivity contribution in [2.45, 2.75) is 37.4 Å². The lowest BCUT2D eigenvalue weighted by Gasteiger charge is -2.13. The van der Waals surface area contributed by atoms with Crippen LogP contribution < -0.4 is 5.14 Å². The molecule has 27 heavy (non-hydrogen) atoms. The van der Waals surface area contributed by atoms with E-state index in [9.17, 15) is 26.7 Å². The maximum atomic E-state index is 13.1. The van der Waals surface area contributed by atoms with E-state index in [0.717, 1.165) is 23.5 Å². The van der Waals surface area contributed by atoms with Crippen LogP contribution >= 0.6 is 11.3 Å². The Morgan fingerprint density at radius 1 is 1.26 bits per heavy atom. The van der Waals surface area contributed by atoms with Gasteiger partial charge in [-0.2, -0.15) is 18.3 Å². The third-order valence-corrected chi connectivity index (χ3v) is 5.94. The molecule has 3 aromatic rings. The first-order valence-electron chi connectivity index (χ1n) is 7.53. The first kappa shape index (κ1) is 19.7. The zero-order chi connectivity index (χ0) is 20.4. The molecule has 0 radical (unpaired) electrons. The molecule has 3 N–H and O–H groups in total. The lowest BCUT2D eigenvalue weighted by Crippen LogP contribution is -2.19. The number of fused-ring (bicyclic) bond motifs is 1. The third-order valence-electron chi connectivity index (χ3n) is 3.77. The van der Waals surface area contributed by atoms with Crippen molar-refractivity contribution >= 4 is 26.3 Å². The largest absolute Gasteiger partial charge is 0.417 e. The number of nitrogens with two attached hydrogens (primary N) is 1. The van der Waals surface area contributed by atoms with Gasteiger partial charge in [0.25, 0.3) is 0 Å². The molecule has 0 unspecified atom stereocenters. The SMILES string of the molecule is Cc1nc2sc(C(C)(C)O)nn2c1-c1ccc(C(F)(F)F)c(S(N)(=O)=O)c1. The number of hydrogen-bond acceptors (Lipinski definition) is 6. The van der Waals surface area contributed by atoms with Crippen molar-refractivity contribution in [1.82, 2.24) is 14.6 Å². The first-order valence-corrected chi connectivity index (χ1v) is 9.89. The highest BCUT2D eigenvalue weighted by Crippen LogP contribution is 2.37. The van der Waals surface area contributed by atoms with Crippen LogP contribution in [-0.2, 0) is 21.8 Å². The quantitative estimate of drug-likeness (QED) is 0.677. The van der Waals surface area contributed by atoms with Crippen molar-refractivity contribution in [1.29, 1.82) is 0 Å². The van der Waals surface area contributed by atoms with Gasteiger partial charge in [0.2, 0.25) is 15.0 Å². The van der Waals surface area contributed by atoms with E-state index in [0.29, 0.717) is 27.4 Å². The minimum absolute atomic E-state index is 0.157. The monoisotopic (exact) mass is 420 g/mol. The van der Waals surface area contributed by atoms with Gasteiger partial charge in [-0.05, 0) is 32.9 Å². The van der Waals surface area contributed by atoms with Crippen molar-refractivity contribution in [3.05, 3.63) is 34.5 Å². The molecule has 0 amide bonds. The molecule has 7 nitrogen and oxygen atoms in total. The van der Waals surface area contributed by atoms with Crippen LogP contribution in [0.1, 0.15) is 30.1 Å². The summed E-state index contributed by atoms with van der Waals surface area (Å²) in [5, 5.41) is 19.7. The van der Waals surface area contributed by atoms with Gasteiger partial charge in [0.1, 0.15) is 10.6 Å². The fourth-order valence-electron chi connectivity index (χ4n) is 2.57. The summed E-state index contributed by atoms with van der Waals surface area (Å²) in [7, 11) is -4.62. The van der Waals surface area contributed by atoms with E-state index in [2.05, 4.69) is 10.1 Å². The number of hydrogen-bond donors (Lipinski definition) is 2. The van der Waals surface area contributed by atoms with Crippen molar-refractivity contribution in [2.75, 3.05) is 0 Å². The summed E-state index contributed by atoms with van der Waals surface area (Å²) in [6.45, 7) is 4.69. The van der Waals surface area contributed by atoms with Crippen LogP contribution in [0.4, 0.5) is 13.2 Å². The molecule has 12 heteroatoms. The number of rotatable bonds is 3. The van der Waals surface area contributed by atoms with Gasteiger partial charge < -0.3 is 5.11 Å². The Morgan fingerprint density at radius 3 is 2.41 bits per heavy atom. The third kappa shape index (κ3) is 3.57. The van der Waals surface area contributed by atoms with E-state index < -0.39 is 32.3 Å². The second-order valence-corrected chi connectivity index (χ2v) is 8.95. The van der Waals surface area contributed by atoms with Gasteiger partial charge in [0.15, 0.2) is 0 Å². The highest BCUT2D eigenvalue weighted by Gasteiger charge is 2.37. The van der Waals surface area contributed by atoms with Crippen molar-refractivity contribution in [2.24, 2.45) is 5.14 Å². The van der Waals surface area contributed by atoms with Crippen molar-refractivity contribution in [3.8, 4) is 11.3 Å². The lowest BCUT2D eigenvalue weighted by atomic mass is 10.1. The van der Waals surface area contributed by atoms with Crippen LogP contribution in [0.25, 0.3) is 16.2 Å². The maximum absolute atomic E-state index is 13.1. The zero-order valence-electron chi connectivity index (χ0n) is 14.4. The summed E-state index contributed by atoms with van der Waals surface area (Å²) in [6.07, 6.45) is -4.88. The summed E-state index contributed by atoms with van der Waals surface area (Å²) < 4.78 is 64.2. The molecule has 3 rings (SSSR count). The van der Waals surface area contributed by atoms with Crippen LogP contribution in [0.15, 0.2) is 23.1 Å². The number of aromatic nitrogens is 3. The molecule has 146 valence electrons. The van der Waals surface area contributed by atoms with E-state index in [1.54, 1.807) is 6.92 Å². The molecule has 0 fully saturated rings. The topological polar surface area (TPSA) is 111 Å². The highest BCUT2D eigenvalue weighted by molar-refractivity contribution is 7.89. The molecule has 2 heterocycles. The minimum atomic E-state index is -4.88. The molecular formula is C15H15F3N4O3S2. The zero-order valence-corrected chi connectivity index (χ0v) is 16.0. The summed E-state index contributed by atoms with van der Waals surface area (Å²) >= 11 is 1.12. The molecular weight excluding hydrogens is 405 g/mol. The standard InChI is InChI=1S/C15H15F3N4O3S2/c1-7-11(22-13(20-7)26-12(21-22)14(2,3)23)8-4-5-9(15(16,17)18)10(6-8)27(19,24)25/h4-6,23H,1-3H3,(H2,19,24,25). The van der Waals surface area contributed by atoms with Crippen LogP contribution in [-0.4, -0.2) is 28.1 Å². The highest BCUT2D eigenvalue weighted by atomic mass is 32.2. The number of halogens is 3. The Kier molecular flexibility index (Phi) is 4.38. The molecule has 0 saturated carbocycles.